The molecule has 2 N–H and O–H groups in total. The summed E-state index contributed by atoms with van der Waals surface area (Å²) in [7, 11) is 1.72. The summed E-state index contributed by atoms with van der Waals surface area (Å²) in [5.74, 6) is -0.571. The van der Waals surface area contributed by atoms with Gasteiger partial charge in [0.05, 0.1) is 0 Å². The highest BCUT2D eigenvalue weighted by Gasteiger charge is 2.22. The van der Waals surface area contributed by atoms with E-state index in [-0.39, 0.29) is 5.91 Å². The van der Waals surface area contributed by atoms with Crippen molar-refractivity contribution in [2.45, 2.75) is 13.3 Å². The van der Waals surface area contributed by atoms with Gasteiger partial charge in [-0.25, -0.2) is 0 Å². The Labute approximate surface area is 147 Å². The molecule has 1 aliphatic rings. The van der Waals surface area contributed by atoms with Crippen LogP contribution < -0.4 is 10.6 Å². The molecule has 0 spiro atoms. The number of carbonyl (C=O) groups excluding carboxylic acids is 2. The van der Waals surface area contributed by atoms with E-state index in [4.69, 9.17) is 5.73 Å². The minimum absolute atomic E-state index is 0.164. The lowest BCUT2D eigenvalue weighted by Crippen LogP contribution is -2.23. The summed E-state index contributed by atoms with van der Waals surface area (Å²) in [4.78, 5) is 25.1. The fraction of sp³-hybridized carbons (Fsp3) is 0.143. The Bertz CT molecular complexity index is 925. The number of carbonyl (C=O) groups is 2. The number of benzene rings is 2. The predicted octanol–water partition coefficient (Wildman–Crippen LogP) is 3.56. The Hall–Kier alpha value is -3.14. The lowest BCUT2D eigenvalue weighted by molar-refractivity contribution is -0.113. The molecule has 3 rings (SSSR count). The van der Waals surface area contributed by atoms with E-state index in [2.05, 4.69) is 12.7 Å². The number of amides is 2. The number of hydrogen-bond acceptors (Lipinski definition) is 2. The van der Waals surface area contributed by atoms with Crippen molar-refractivity contribution in [2.24, 2.45) is 5.73 Å². The molecule has 0 fully saturated rings. The number of fused-ring (bicyclic) bond motifs is 1. The van der Waals surface area contributed by atoms with Crippen molar-refractivity contribution >= 4 is 23.1 Å². The number of primary amides is 1. The van der Waals surface area contributed by atoms with E-state index in [1.165, 1.54) is 6.08 Å². The molecule has 0 unspecified atom stereocenters. The second kappa shape index (κ2) is 6.40. The number of rotatable bonds is 4. The lowest BCUT2D eigenvalue weighted by Gasteiger charge is -2.18. The van der Waals surface area contributed by atoms with Gasteiger partial charge in [0.2, 0.25) is 11.8 Å². The maximum absolute atomic E-state index is 11.9. The predicted molar refractivity (Wildman–Crippen MR) is 101 cm³/mol. The normalized spacial score (nSPS) is 12.3. The standard InChI is InChI=1S/C21H20N2O2/c1-4-19(24)23(3)15-7-5-6-14(12-15)16-10-11-18(21(22)25)17-9-8-13(2)20(16)17/h4-8,10-12H,1,9H2,2-3H3,(H2,22,25). The third-order valence-electron chi connectivity index (χ3n) is 4.63. The second-order valence-electron chi connectivity index (χ2n) is 6.12. The number of likely N-dealkylation sites (N-methyl/N-ethyl adjacent to an activating group) is 1. The van der Waals surface area contributed by atoms with Crippen LogP contribution in [-0.2, 0) is 11.2 Å². The molecular weight excluding hydrogens is 312 g/mol. The summed E-state index contributed by atoms with van der Waals surface area (Å²) in [5.41, 5.74) is 12.1. The van der Waals surface area contributed by atoms with Crippen LogP contribution in [0.3, 0.4) is 0 Å². The van der Waals surface area contributed by atoms with Crippen molar-refractivity contribution in [3.63, 3.8) is 0 Å². The summed E-state index contributed by atoms with van der Waals surface area (Å²) < 4.78 is 0. The molecule has 2 amide bonds. The molecule has 4 nitrogen and oxygen atoms in total. The third-order valence-corrected chi connectivity index (χ3v) is 4.63. The summed E-state index contributed by atoms with van der Waals surface area (Å²) in [5, 5.41) is 0. The first-order valence-electron chi connectivity index (χ1n) is 8.07. The molecular formula is C21H20N2O2. The molecule has 0 aromatic heterocycles. The lowest BCUT2D eigenvalue weighted by atomic mass is 9.91. The van der Waals surface area contributed by atoms with Crippen LogP contribution in [0.2, 0.25) is 0 Å². The molecule has 1 aliphatic carbocycles. The van der Waals surface area contributed by atoms with Crippen LogP contribution in [0.25, 0.3) is 16.7 Å². The van der Waals surface area contributed by atoms with Gasteiger partial charge >= 0.3 is 0 Å². The van der Waals surface area contributed by atoms with Gasteiger partial charge in [-0.3, -0.25) is 9.59 Å². The molecule has 0 saturated heterocycles. The number of allylic oxidation sites excluding steroid dienone is 2. The minimum Gasteiger partial charge on any atom is -0.366 e. The van der Waals surface area contributed by atoms with Gasteiger partial charge in [0.1, 0.15) is 0 Å². The minimum atomic E-state index is -0.407. The first-order chi connectivity index (χ1) is 11.9. The Balaban J connectivity index is 2.14. The zero-order valence-electron chi connectivity index (χ0n) is 14.4. The molecule has 4 heteroatoms. The highest BCUT2D eigenvalue weighted by molar-refractivity contribution is 6.02. The molecule has 126 valence electrons. The largest absolute Gasteiger partial charge is 0.366 e. The average Bonchev–Trinajstić information content (AvgIpc) is 3.01. The van der Waals surface area contributed by atoms with Crippen molar-refractivity contribution in [3.8, 4) is 11.1 Å². The topological polar surface area (TPSA) is 63.4 Å². The van der Waals surface area contributed by atoms with Crippen molar-refractivity contribution < 1.29 is 9.59 Å². The first kappa shape index (κ1) is 16.7. The van der Waals surface area contributed by atoms with E-state index in [0.29, 0.717) is 12.0 Å². The number of hydrogen-bond donors (Lipinski definition) is 1. The van der Waals surface area contributed by atoms with Crippen LogP contribution in [0, 0.1) is 0 Å². The van der Waals surface area contributed by atoms with Crippen molar-refractivity contribution in [1.29, 1.82) is 0 Å². The SMILES string of the molecule is C=CC(=O)N(C)c1cccc(-c2ccc(C(N)=O)c3c2C(C)=CC3)c1. The molecule has 0 atom stereocenters. The van der Waals surface area contributed by atoms with E-state index in [1.54, 1.807) is 18.0 Å². The highest BCUT2D eigenvalue weighted by Crippen LogP contribution is 2.38. The smallest absolute Gasteiger partial charge is 0.250 e. The van der Waals surface area contributed by atoms with E-state index in [9.17, 15) is 9.59 Å². The van der Waals surface area contributed by atoms with Crippen LogP contribution in [0.5, 0.6) is 0 Å². The molecule has 0 heterocycles. The van der Waals surface area contributed by atoms with Gasteiger partial charge < -0.3 is 10.6 Å². The first-order valence-corrected chi connectivity index (χ1v) is 8.07. The van der Waals surface area contributed by atoms with Crippen LogP contribution in [0.15, 0.2) is 55.1 Å². The van der Waals surface area contributed by atoms with Gasteiger partial charge in [0, 0.05) is 18.3 Å². The van der Waals surface area contributed by atoms with E-state index in [0.717, 1.165) is 33.5 Å². The van der Waals surface area contributed by atoms with E-state index >= 15 is 0 Å². The van der Waals surface area contributed by atoms with Crippen LogP contribution in [0.4, 0.5) is 5.69 Å². The molecule has 0 bridgehead atoms. The van der Waals surface area contributed by atoms with Gasteiger partial charge in [-0.1, -0.05) is 30.9 Å². The van der Waals surface area contributed by atoms with Crippen molar-refractivity contribution in [1.82, 2.24) is 0 Å². The Kier molecular flexibility index (Phi) is 4.28. The Morgan fingerprint density at radius 1 is 1.24 bits per heavy atom. The summed E-state index contributed by atoms with van der Waals surface area (Å²) >= 11 is 0. The second-order valence-corrected chi connectivity index (χ2v) is 6.12. The van der Waals surface area contributed by atoms with Crippen LogP contribution in [-0.4, -0.2) is 18.9 Å². The van der Waals surface area contributed by atoms with Gasteiger partial charge in [-0.05, 0) is 65.4 Å². The maximum Gasteiger partial charge on any atom is 0.250 e. The van der Waals surface area contributed by atoms with E-state index < -0.39 is 5.91 Å². The summed E-state index contributed by atoms with van der Waals surface area (Å²) in [6, 6.07) is 11.5. The van der Waals surface area contributed by atoms with Gasteiger partial charge in [-0.15, -0.1) is 0 Å². The number of nitrogens with zero attached hydrogens (tertiary/aromatic N) is 1. The molecule has 0 aliphatic heterocycles. The van der Waals surface area contributed by atoms with Gasteiger partial charge in [-0.2, -0.15) is 0 Å². The van der Waals surface area contributed by atoms with E-state index in [1.807, 2.05) is 37.3 Å². The molecule has 25 heavy (non-hydrogen) atoms. The molecule has 0 radical (unpaired) electrons. The molecule has 2 aromatic carbocycles. The summed E-state index contributed by atoms with van der Waals surface area (Å²) in [6.07, 6.45) is 4.11. The van der Waals surface area contributed by atoms with Crippen molar-refractivity contribution in [3.05, 3.63) is 71.8 Å². The Morgan fingerprint density at radius 2 is 2.00 bits per heavy atom. The highest BCUT2D eigenvalue weighted by atomic mass is 16.2. The molecule has 2 aromatic rings. The monoisotopic (exact) mass is 332 g/mol. The Morgan fingerprint density at radius 3 is 2.68 bits per heavy atom. The van der Waals surface area contributed by atoms with Crippen LogP contribution in [0.1, 0.15) is 28.4 Å². The zero-order chi connectivity index (χ0) is 18.1. The van der Waals surface area contributed by atoms with Gasteiger partial charge in [0.15, 0.2) is 0 Å². The number of anilines is 1. The average molecular weight is 332 g/mol. The fourth-order valence-corrected chi connectivity index (χ4v) is 3.29. The van der Waals surface area contributed by atoms with Gasteiger partial charge in [0.25, 0.3) is 0 Å². The quantitative estimate of drug-likeness (QED) is 0.870. The van der Waals surface area contributed by atoms with Crippen molar-refractivity contribution in [2.75, 3.05) is 11.9 Å². The summed E-state index contributed by atoms with van der Waals surface area (Å²) in [6.45, 7) is 5.57. The van der Waals surface area contributed by atoms with Crippen LogP contribution >= 0.6 is 0 Å². The zero-order valence-corrected chi connectivity index (χ0v) is 14.4. The molecule has 0 saturated carbocycles. The fourth-order valence-electron chi connectivity index (χ4n) is 3.29. The third kappa shape index (κ3) is 2.87. The number of nitrogens with two attached hydrogens (primary N) is 1. The maximum atomic E-state index is 11.9.